The lowest BCUT2D eigenvalue weighted by atomic mass is 9.82. The summed E-state index contributed by atoms with van der Waals surface area (Å²) in [5.74, 6) is 2.67. The van der Waals surface area contributed by atoms with Crippen molar-refractivity contribution in [2.45, 2.75) is 30.9 Å². The second kappa shape index (κ2) is 15.8. The van der Waals surface area contributed by atoms with Crippen molar-refractivity contribution in [3.63, 3.8) is 0 Å². The second-order valence-corrected chi connectivity index (χ2v) is 11.9. The Hall–Kier alpha value is -4.54. The number of halogens is 1. The topological polar surface area (TPSA) is 108 Å². The molecule has 9 nitrogen and oxygen atoms in total. The van der Waals surface area contributed by atoms with Gasteiger partial charge < -0.3 is 34.1 Å². The second-order valence-electron chi connectivity index (χ2n) is 11.0. The van der Waals surface area contributed by atoms with Crippen LogP contribution in [0.2, 0.25) is 0 Å². The minimum atomic E-state index is -1.36. The van der Waals surface area contributed by atoms with Gasteiger partial charge in [-0.05, 0) is 77.7 Å². The summed E-state index contributed by atoms with van der Waals surface area (Å²) in [6.45, 7) is 0.829. The molecule has 4 aromatic rings. The van der Waals surface area contributed by atoms with Gasteiger partial charge in [-0.3, -0.25) is 4.79 Å². The molecule has 4 aromatic carbocycles. The Kier molecular flexibility index (Phi) is 11.4. The molecule has 0 radical (unpaired) electrons. The quantitative estimate of drug-likeness (QED) is 0.144. The van der Waals surface area contributed by atoms with E-state index in [1.54, 1.807) is 21.3 Å². The number of nitrogens with one attached hydrogen (secondary N) is 1. The third kappa shape index (κ3) is 7.89. The molecule has 0 spiro atoms. The van der Waals surface area contributed by atoms with E-state index in [4.69, 9.17) is 33.8 Å². The summed E-state index contributed by atoms with van der Waals surface area (Å²) in [4.78, 5) is 19.7. The van der Waals surface area contributed by atoms with Gasteiger partial charge in [0.1, 0.15) is 11.5 Å². The fourth-order valence-corrected chi connectivity index (χ4v) is 5.95. The van der Waals surface area contributed by atoms with Crippen molar-refractivity contribution in [2.24, 2.45) is 4.99 Å². The molecule has 1 aliphatic heterocycles. The minimum Gasteiger partial charge on any atom is -0.497 e. The first-order valence-electron chi connectivity index (χ1n) is 15.4. The normalized spacial score (nSPS) is 17.0. The van der Waals surface area contributed by atoms with E-state index in [9.17, 15) is 4.79 Å². The van der Waals surface area contributed by atoms with Crippen molar-refractivity contribution in [3.05, 3.63) is 118 Å². The number of methoxy groups -OCH3 is 3. The van der Waals surface area contributed by atoms with E-state index >= 15 is 0 Å². The monoisotopic (exact) mass is 702 g/mol. The van der Waals surface area contributed by atoms with Gasteiger partial charge in [-0.1, -0.05) is 52.3 Å². The lowest BCUT2D eigenvalue weighted by Gasteiger charge is -2.31. The van der Waals surface area contributed by atoms with Crippen LogP contribution in [0.15, 0.2) is 100 Å². The van der Waals surface area contributed by atoms with Gasteiger partial charge in [-0.15, -0.1) is 0 Å². The first-order chi connectivity index (χ1) is 22.9. The predicted molar refractivity (Wildman–Crippen MR) is 184 cm³/mol. The van der Waals surface area contributed by atoms with E-state index in [-0.39, 0.29) is 18.9 Å². The van der Waals surface area contributed by atoms with Crippen LogP contribution in [0.3, 0.4) is 0 Å². The maximum Gasteiger partial charge on any atom is 0.252 e. The molecular weight excluding hydrogens is 664 g/mol. The number of aliphatic hydroxyl groups is 1. The van der Waals surface area contributed by atoms with Crippen molar-refractivity contribution in [1.82, 2.24) is 5.32 Å². The van der Waals surface area contributed by atoms with E-state index < -0.39 is 11.6 Å². The number of hydrogen-bond donors (Lipinski definition) is 2. The summed E-state index contributed by atoms with van der Waals surface area (Å²) >= 11 is 3.69. The van der Waals surface area contributed by atoms with Gasteiger partial charge in [0.15, 0.2) is 23.1 Å². The van der Waals surface area contributed by atoms with Crippen molar-refractivity contribution < 1.29 is 33.6 Å². The fourth-order valence-electron chi connectivity index (χ4n) is 5.53. The van der Waals surface area contributed by atoms with Crippen LogP contribution in [0.25, 0.3) is 0 Å². The van der Waals surface area contributed by atoms with E-state index in [1.165, 1.54) is 0 Å². The highest BCUT2D eigenvalue weighted by Crippen LogP contribution is 2.44. The molecule has 2 atom stereocenters. The zero-order chi connectivity index (χ0) is 33.2. The number of hydrogen-bond acceptors (Lipinski definition) is 8. The Morgan fingerprint density at radius 1 is 0.915 bits per heavy atom. The summed E-state index contributed by atoms with van der Waals surface area (Å²) in [6, 6.07) is 28.5. The van der Waals surface area contributed by atoms with Crippen LogP contribution in [-0.4, -0.2) is 63.5 Å². The van der Waals surface area contributed by atoms with Crippen LogP contribution in [-0.2, 0) is 22.4 Å². The Morgan fingerprint density at radius 3 is 2.43 bits per heavy atom. The molecule has 0 aromatic heterocycles. The Labute approximate surface area is 283 Å². The van der Waals surface area contributed by atoms with Crippen LogP contribution in [0, 0.1) is 0 Å². The number of nitrogens with zero attached hydrogens (tertiary/aromatic N) is 1. The molecule has 1 heterocycles. The molecule has 5 rings (SSSR count). The number of amides is 1. The molecule has 0 saturated heterocycles. The molecule has 1 aliphatic rings. The molecule has 0 bridgehead atoms. The third-order valence-corrected chi connectivity index (χ3v) is 8.77. The number of benzene rings is 4. The minimum absolute atomic E-state index is 0.0599. The lowest BCUT2D eigenvalue weighted by Crippen LogP contribution is -2.50. The molecule has 2 N–H and O–H groups in total. The van der Waals surface area contributed by atoms with Crippen LogP contribution in [0.4, 0.5) is 0 Å². The van der Waals surface area contributed by atoms with Gasteiger partial charge in [0.2, 0.25) is 5.90 Å². The van der Waals surface area contributed by atoms with E-state index in [2.05, 4.69) is 21.2 Å². The van der Waals surface area contributed by atoms with E-state index in [0.717, 1.165) is 21.2 Å². The van der Waals surface area contributed by atoms with Crippen LogP contribution in [0.1, 0.15) is 34.8 Å². The van der Waals surface area contributed by atoms with Crippen LogP contribution < -0.4 is 24.3 Å². The molecule has 10 heteroatoms. The van der Waals surface area contributed by atoms with Gasteiger partial charge in [-0.2, -0.15) is 0 Å². The molecule has 47 heavy (non-hydrogen) atoms. The summed E-state index contributed by atoms with van der Waals surface area (Å²) in [5.41, 5.74) is 2.00. The Morgan fingerprint density at radius 2 is 1.70 bits per heavy atom. The smallest absolute Gasteiger partial charge is 0.252 e. The molecule has 0 fully saturated rings. The number of carbonyl (C=O) groups excluding carboxylic acids is 1. The third-order valence-electron chi connectivity index (χ3n) is 7.99. The van der Waals surface area contributed by atoms with E-state index in [1.807, 2.05) is 91.0 Å². The summed E-state index contributed by atoms with van der Waals surface area (Å²) in [7, 11) is 4.80. The first kappa shape index (κ1) is 33.8. The average molecular weight is 704 g/mol. The van der Waals surface area contributed by atoms with E-state index in [0.29, 0.717) is 60.5 Å². The number of rotatable bonds is 15. The summed E-state index contributed by atoms with van der Waals surface area (Å²) < 4.78 is 29.6. The summed E-state index contributed by atoms with van der Waals surface area (Å²) in [6.07, 6.45) is 0.611. The average Bonchev–Trinajstić information content (AvgIpc) is 3.50. The molecule has 0 saturated carbocycles. The SMILES string of the molecule is COc1cccc([C@H]2OC(c3ccc(OCCCO)cc3)=N[C@@]2(Cc2ccccc2Br)C(=O)NCCc2ccc(OC)c(OC)c2)c1. The molecular formula is C37H39BrN2O7. The van der Waals surface area contributed by atoms with Gasteiger partial charge in [0, 0.05) is 36.0 Å². The first-order valence-corrected chi connectivity index (χ1v) is 16.2. The van der Waals surface area contributed by atoms with Gasteiger partial charge in [-0.25, -0.2) is 4.99 Å². The fraction of sp³-hybridized carbons (Fsp3) is 0.297. The van der Waals surface area contributed by atoms with Crippen LogP contribution in [0.5, 0.6) is 23.0 Å². The zero-order valence-corrected chi connectivity index (χ0v) is 28.3. The van der Waals surface area contributed by atoms with Crippen molar-refractivity contribution in [3.8, 4) is 23.0 Å². The molecule has 1 amide bonds. The molecule has 246 valence electrons. The predicted octanol–water partition coefficient (Wildman–Crippen LogP) is 6.09. The number of aliphatic imine (C=N–C) groups is 1. The zero-order valence-electron chi connectivity index (χ0n) is 26.7. The van der Waals surface area contributed by atoms with Crippen molar-refractivity contribution >= 4 is 27.7 Å². The highest BCUT2D eigenvalue weighted by molar-refractivity contribution is 9.10. The van der Waals surface area contributed by atoms with Crippen molar-refractivity contribution in [1.29, 1.82) is 0 Å². The maximum absolute atomic E-state index is 14.6. The maximum atomic E-state index is 14.6. The standard InChI is InChI=1S/C37H39BrN2O7/c1-43-30-10-6-9-27(23-30)34-37(24-28-8-4-5-11-31(28)38,36(42)39-19-18-25-12-17-32(44-2)33(22-25)45-3)40-35(47-34)26-13-15-29(16-14-26)46-21-7-20-41/h4-6,8-17,22-23,34,41H,7,18-21,24H2,1-3H3,(H,39,42)/t34-,37-/m1/s1. The number of aliphatic hydroxyl groups excluding tert-OH is 1. The molecule has 0 aliphatic carbocycles. The lowest BCUT2D eigenvalue weighted by molar-refractivity contribution is -0.128. The highest BCUT2D eigenvalue weighted by Gasteiger charge is 2.53. The van der Waals surface area contributed by atoms with Gasteiger partial charge >= 0.3 is 0 Å². The summed E-state index contributed by atoms with van der Waals surface area (Å²) in [5, 5.41) is 12.3. The largest absolute Gasteiger partial charge is 0.497 e. The van der Waals surface area contributed by atoms with Gasteiger partial charge in [0.25, 0.3) is 5.91 Å². The Balaban J connectivity index is 1.52. The number of ether oxygens (including phenoxy) is 5. The van der Waals surface area contributed by atoms with Crippen molar-refractivity contribution in [2.75, 3.05) is 41.1 Å². The van der Waals surface area contributed by atoms with Crippen LogP contribution >= 0.6 is 15.9 Å². The molecule has 0 unspecified atom stereocenters. The van der Waals surface area contributed by atoms with Gasteiger partial charge in [0.05, 0.1) is 27.9 Å². The Bertz CT molecular complexity index is 1690. The highest BCUT2D eigenvalue weighted by atomic mass is 79.9. The number of carbonyl (C=O) groups is 1.